The van der Waals surface area contributed by atoms with Crippen molar-refractivity contribution in [2.75, 3.05) is 24.6 Å². The van der Waals surface area contributed by atoms with E-state index in [2.05, 4.69) is 5.32 Å². The number of nitro benzene ring substituents is 1. The first-order valence-corrected chi connectivity index (χ1v) is 8.95. The summed E-state index contributed by atoms with van der Waals surface area (Å²) >= 11 is 0. The number of carbonyl (C=O) groups is 2. The molecule has 1 saturated heterocycles. The Kier molecular flexibility index (Phi) is 5.39. The molecule has 1 atom stereocenters. The molecule has 3 rings (SSSR count). The van der Waals surface area contributed by atoms with Crippen molar-refractivity contribution in [1.29, 1.82) is 0 Å². The van der Waals surface area contributed by atoms with Crippen LogP contribution in [0.25, 0.3) is 0 Å². The number of esters is 1. The average Bonchev–Trinajstić information content (AvgIpc) is 3.34. The van der Waals surface area contributed by atoms with Crippen molar-refractivity contribution in [3.05, 3.63) is 33.9 Å². The van der Waals surface area contributed by atoms with Crippen molar-refractivity contribution in [2.24, 2.45) is 5.92 Å². The molecule has 0 bridgehead atoms. The maximum Gasteiger partial charge on any atom is 0.341 e. The maximum atomic E-state index is 12.5. The molecule has 1 aliphatic carbocycles. The van der Waals surface area contributed by atoms with Crippen LogP contribution >= 0.6 is 0 Å². The number of hydrogen-bond donors (Lipinski definition) is 1. The molecule has 1 aromatic rings. The minimum absolute atomic E-state index is 0.0687. The molecule has 8 nitrogen and oxygen atoms in total. The molecule has 1 aliphatic heterocycles. The summed E-state index contributed by atoms with van der Waals surface area (Å²) in [6.07, 6.45) is 4.22. The van der Waals surface area contributed by atoms with Crippen LogP contribution in [-0.2, 0) is 9.53 Å². The van der Waals surface area contributed by atoms with Crippen molar-refractivity contribution < 1.29 is 19.2 Å². The molecule has 0 radical (unpaired) electrons. The summed E-state index contributed by atoms with van der Waals surface area (Å²) in [5.74, 6) is -0.566. The van der Waals surface area contributed by atoms with Gasteiger partial charge in [-0.25, -0.2) is 4.79 Å². The second-order valence-electron chi connectivity index (χ2n) is 6.92. The van der Waals surface area contributed by atoms with E-state index in [1.807, 2.05) is 11.8 Å². The molecule has 1 aromatic carbocycles. The van der Waals surface area contributed by atoms with Crippen molar-refractivity contribution in [2.45, 2.75) is 38.6 Å². The molecular weight excluding hydrogens is 338 g/mol. The first-order chi connectivity index (χ1) is 12.5. The summed E-state index contributed by atoms with van der Waals surface area (Å²) in [5, 5.41) is 13.9. The summed E-state index contributed by atoms with van der Waals surface area (Å²) in [6, 6.07) is 4.25. The van der Waals surface area contributed by atoms with Crippen LogP contribution in [-0.4, -0.2) is 42.5 Å². The van der Waals surface area contributed by atoms with E-state index in [9.17, 15) is 19.7 Å². The first-order valence-electron chi connectivity index (χ1n) is 8.95. The predicted molar refractivity (Wildman–Crippen MR) is 95.2 cm³/mol. The Bertz CT molecular complexity index is 711. The van der Waals surface area contributed by atoms with Gasteiger partial charge in [0, 0.05) is 31.3 Å². The molecule has 1 N–H and O–H groups in total. The smallest absolute Gasteiger partial charge is 0.341 e. The number of hydrogen-bond acceptors (Lipinski definition) is 6. The highest BCUT2D eigenvalue weighted by Crippen LogP contribution is 2.32. The standard InChI is InChI=1S/C18H23N3O5/c1-12(13-4-5-13)19-17(22)11-26-18(23)15-10-14(21(24)25)6-7-16(15)20-8-2-3-9-20/h6-7,10,12-13H,2-5,8-9,11H2,1H3,(H,19,22). The summed E-state index contributed by atoms with van der Waals surface area (Å²) < 4.78 is 5.13. The molecule has 1 heterocycles. The number of benzene rings is 1. The topological polar surface area (TPSA) is 102 Å². The normalized spacial score (nSPS) is 17.7. The van der Waals surface area contributed by atoms with Gasteiger partial charge in [0.05, 0.1) is 16.2 Å². The summed E-state index contributed by atoms with van der Waals surface area (Å²) in [5.41, 5.74) is 0.570. The van der Waals surface area contributed by atoms with Crippen LogP contribution in [0.2, 0.25) is 0 Å². The SMILES string of the molecule is CC(NC(=O)COC(=O)c1cc([N+](=O)[O-])ccc1N1CCCC1)C1CC1. The Hall–Kier alpha value is -2.64. The quantitative estimate of drug-likeness (QED) is 0.454. The lowest BCUT2D eigenvalue weighted by molar-refractivity contribution is -0.384. The van der Waals surface area contributed by atoms with Gasteiger partial charge in [-0.3, -0.25) is 14.9 Å². The molecule has 2 aliphatic rings. The van der Waals surface area contributed by atoms with Gasteiger partial charge in [-0.1, -0.05) is 0 Å². The van der Waals surface area contributed by atoms with E-state index in [-0.39, 0.29) is 23.2 Å². The third kappa shape index (κ3) is 4.30. The molecular formula is C18H23N3O5. The lowest BCUT2D eigenvalue weighted by Crippen LogP contribution is -2.37. The van der Waals surface area contributed by atoms with Crippen LogP contribution in [0.15, 0.2) is 18.2 Å². The second-order valence-corrected chi connectivity index (χ2v) is 6.92. The molecule has 1 amide bonds. The van der Waals surface area contributed by atoms with Gasteiger partial charge in [-0.2, -0.15) is 0 Å². The Balaban J connectivity index is 1.68. The van der Waals surface area contributed by atoms with E-state index in [1.165, 1.54) is 12.1 Å². The van der Waals surface area contributed by atoms with Gasteiger partial charge < -0.3 is 15.0 Å². The largest absolute Gasteiger partial charge is 0.452 e. The Morgan fingerprint density at radius 2 is 2.04 bits per heavy atom. The van der Waals surface area contributed by atoms with E-state index in [1.54, 1.807) is 6.07 Å². The molecule has 8 heteroatoms. The fourth-order valence-electron chi connectivity index (χ4n) is 3.25. The monoisotopic (exact) mass is 361 g/mol. The van der Waals surface area contributed by atoms with Crippen LogP contribution in [0.4, 0.5) is 11.4 Å². The summed E-state index contributed by atoms with van der Waals surface area (Å²) in [6.45, 7) is 3.12. The minimum Gasteiger partial charge on any atom is -0.452 e. The van der Waals surface area contributed by atoms with Crippen molar-refractivity contribution in [3.63, 3.8) is 0 Å². The van der Waals surface area contributed by atoms with Crippen molar-refractivity contribution in [1.82, 2.24) is 5.32 Å². The zero-order chi connectivity index (χ0) is 18.7. The van der Waals surface area contributed by atoms with E-state index in [0.29, 0.717) is 11.6 Å². The van der Waals surface area contributed by atoms with Crippen LogP contribution in [0.1, 0.15) is 43.0 Å². The van der Waals surface area contributed by atoms with Crippen LogP contribution < -0.4 is 10.2 Å². The van der Waals surface area contributed by atoms with Gasteiger partial charge >= 0.3 is 5.97 Å². The molecule has 0 aromatic heterocycles. The van der Waals surface area contributed by atoms with Crippen molar-refractivity contribution in [3.8, 4) is 0 Å². The number of nitro groups is 1. The molecule has 1 saturated carbocycles. The van der Waals surface area contributed by atoms with E-state index < -0.39 is 17.5 Å². The van der Waals surface area contributed by atoms with Crippen LogP contribution in [0, 0.1) is 16.0 Å². The number of nitrogens with zero attached hydrogens (tertiary/aromatic N) is 2. The van der Waals surface area contributed by atoms with E-state index >= 15 is 0 Å². The molecule has 140 valence electrons. The Morgan fingerprint density at radius 3 is 2.65 bits per heavy atom. The zero-order valence-electron chi connectivity index (χ0n) is 14.8. The number of anilines is 1. The fourth-order valence-corrected chi connectivity index (χ4v) is 3.25. The third-order valence-corrected chi connectivity index (χ3v) is 4.91. The predicted octanol–water partition coefficient (Wildman–Crippen LogP) is 2.27. The lowest BCUT2D eigenvalue weighted by atomic mass is 10.1. The van der Waals surface area contributed by atoms with E-state index in [0.717, 1.165) is 38.8 Å². The number of non-ortho nitro benzene ring substituents is 1. The first kappa shape index (κ1) is 18.2. The Labute approximate surface area is 151 Å². The number of carbonyl (C=O) groups excluding carboxylic acids is 2. The highest BCUT2D eigenvalue weighted by molar-refractivity contribution is 5.97. The molecule has 26 heavy (non-hydrogen) atoms. The highest BCUT2D eigenvalue weighted by atomic mass is 16.6. The van der Waals surface area contributed by atoms with Gasteiger partial charge in [-0.05, 0) is 44.6 Å². The number of ether oxygens (including phenoxy) is 1. The maximum absolute atomic E-state index is 12.5. The van der Waals surface area contributed by atoms with Gasteiger partial charge in [0.25, 0.3) is 11.6 Å². The summed E-state index contributed by atoms with van der Waals surface area (Å²) in [7, 11) is 0. The molecule has 2 fully saturated rings. The van der Waals surface area contributed by atoms with Crippen molar-refractivity contribution >= 4 is 23.3 Å². The highest BCUT2D eigenvalue weighted by Gasteiger charge is 2.29. The minimum atomic E-state index is -0.718. The van der Waals surface area contributed by atoms with Gasteiger partial charge in [0.15, 0.2) is 6.61 Å². The van der Waals surface area contributed by atoms with Gasteiger partial charge in [0.2, 0.25) is 0 Å². The summed E-state index contributed by atoms with van der Waals surface area (Å²) in [4.78, 5) is 36.9. The number of nitrogens with one attached hydrogen (secondary N) is 1. The van der Waals surface area contributed by atoms with E-state index in [4.69, 9.17) is 4.74 Å². The molecule has 1 unspecified atom stereocenters. The lowest BCUT2D eigenvalue weighted by Gasteiger charge is -2.20. The second kappa shape index (κ2) is 7.72. The van der Waals surface area contributed by atoms with Crippen LogP contribution in [0.3, 0.4) is 0 Å². The molecule has 0 spiro atoms. The van der Waals surface area contributed by atoms with Gasteiger partial charge in [0.1, 0.15) is 0 Å². The van der Waals surface area contributed by atoms with Crippen LogP contribution in [0.5, 0.6) is 0 Å². The number of amides is 1. The number of rotatable bonds is 7. The zero-order valence-corrected chi connectivity index (χ0v) is 14.8. The third-order valence-electron chi connectivity index (χ3n) is 4.91. The average molecular weight is 361 g/mol. The Morgan fingerprint density at radius 1 is 1.35 bits per heavy atom. The fraction of sp³-hybridized carbons (Fsp3) is 0.556. The van der Waals surface area contributed by atoms with Gasteiger partial charge in [-0.15, -0.1) is 0 Å².